The van der Waals surface area contributed by atoms with Crippen molar-refractivity contribution in [2.45, 2.75) is 64.8 Å². The zero-order chi connectivity index (χ0) is 14.5. The third-order valence-electron chi connectivity index (χ3n) is 4.52. The summed E-state index contributed by atoms with van der Waals surface area (Å²) in [6.07, 6.45) is 11.0. The van der Waals surface area contributed by atoms with E-state index >= 15 is 0 Å². The number of hydrogen-bond donors (Lipinski definition) is 1. The molecule has 3 unspecified atom stereocenters. The summed E-state index contributed by atoms with van der Waals surface area (Å²) >= 11 is 0. The van der Waals surface area contributed by atoms with Crippen LogP contribution >= 0.6 is 0 Å². The first-order chi connectivity index (χ1) is 9.67. The summed E-state index contributed by atoms with van der Waals surface area (Å²) in [6, 6.07) is 0.0850. The van der Waals surface area contributed by atoms with Gasteiger partial charge in [-0.2, -0.15) is 0 Å². The average Bonchev–Trinajstić information content (AvgIpc) is 2.87. The number of aliphatic carboxylic acids is 1. The van der Waals surface area contributed by atoms with Gasteiger partial charge in [-0.25, -0.2) is 4.98 Å². The highest BCUT2D eigenvalue weighted by molar-refractivity contribution is 5.70. The second-order valence-electron chi connectivity index (χ2n) is 5.98. The van der Waals surface area contributed by atoms with Crippen LogP contribution in [0.25, 0.3) is 0 Å². The molecule has 4 nitrogen and oxygen atoms in total. The summed E-state index contributed by atoms with van der Waals surface area (Å²) < 4.78 is 2.14. The molecule has 1 aliphatic rings. The van der Waals surface area contributed by atoms with Crippen LogP contribution in [0.2, 0.25) is 0 Å². The number of nitrogens with zero attached hydrogens (tertiary/aromatic N) is 2. The molecule has 0 amide bonds. The molecule has 0 radical (unpaired) electrons. The zero-order valence-corrected chi connectivity index (χ0v) is 12.6. The highest BCUT2D eigenvalue weighted by atomic mass is 16.4. The second kappa shape index (κ2) is 6.91. The Hall–Kier alpha value is -1.32. The molecule has 0 spiro atoms. The fourth-order valence-corrected chi connectivity index (χ4v) is 3.56. The maximum Gasteiger partial charge on any atom is 0.308 e. The van der Waals surface area contributed by atoms with Crippen molar-refractivity contribution in [1.82, 2.24) is 9.55 Å². The molecule has 1 aliphatic carbocycles. The SMILES string of the molecule is CCCc1nccn1C1CC(CCC)CCC1C(=O)O. The normalized spacial score (nSPS) is 26.6. The van der Waals surface area contributed by atoms with Gasteiger partial charge in [-0.3, -0.25) is 4.79 Å². The molecule has 20 heavy (non-hydrogen) atoms. The summed E-state index contributed by atoms with van der Waals surface area (Å²) in [5.41, 5.74) is 0. The number of imidazole rings is 1. The molecule has 112 valence electrons. The van der Waals surface area contributed by atoms with Crippen LogP contribution in [0, 0.1) is 11.8 Å². The van der Waals surface area contributed by atoms with Crippen LogP contribution in [-0.2, 0) is 11.2 Å². The van der Waals surface area contributed by atoms with Gasteiger partial charge >= 0.3 is 5.97 Å². The predicted molar refractivity (Wildman–Crippen MR) is 78.6 cm³/mol. The van der Waals surface area contributed by atoms with E-state index in [0.717, 1.165) is 37.9 Å². The molecule has 0 aliphatic heterocycles. The van der Waals surface area contributed by atoms with Crippen LogP contribution in [0.5, 0.6) is 0 Å². The van der Waals surface area contributed by atoms with Gasteiger partial charge in [0.05, 0.1) is 5.92 Å². The minimum Gasteiger partial charge on any atom is -0.481 e. The smallest absolute Gasteiger partial charge is 0.308 e. The van der Waals surface area contributed by atoms with E-state index in [0.29, 0.717) is 5.92 Å². The van der Waals surface area contributed by atoms with E-state index in [1.165, 1.54) is 12.8 Å². The first-order valence-corrected chi connectivity index (χ1v) is 7.91. The quantitative estimate of drug-likeness (QED) is 0.863. The summed E-state index contributed by atoms with van der Waals surface area (Å²) in [5, 5.41) is 9.51. The van der Waals surface area contributed by atoms with Crippen molar-refractivity contribution < 1.29 is 9.90 Å². The highest BCUT2D eigenvalue weighted by Gasteiger charge is 2.36. The Morgan fingerprint density at radius 1 is 1.40 bits per heavy atom. The molecule has 1 heterocycles. The van der Waals surface area contributed by atoms with E-state index in [2.05, 4.69) is 23.4 Å². The lowest BCUT2D eigenvalue weighted by Gasteiger charge is -2.35. The van der Waals surface area contributed by atoms with Gasteiger partial charge in [-0.1, -0.05) is 26.7 Å². The zero-order valence-electron chi connectivity index (χ0n) is 12.6. The highest BCUT2D eigenvalue weighted by Crippen LogP contribution is 2.39. The Morgan fingerprint density at radius 2 is 2.20 bits per heavy atom. The van der Waals surface area contributed by atoms with E-state index in [-0.39, 0.29) is 12.0 Å². The van der Waals surface area contributed by atoms with E-state index < -0.39 is 5.97 Å². The second-order valence-corrected chi connectivity index (χ2v) is 5.98. The lowest BCUT2D eigenvalue weighted by molar-refractivity contribution is -0.145. The van der Waals surface area contributed by atoms with Crippen LogP contribution in [0.1, 0.15) is 64.2 Å². The number of carboxylic acids is 1. The third-order valence-corrected chi connectivity index (χ3v) is 4.52. The van der Waals surface area contributed by atoms with Gasteiger partial charge in [0.1, 0.15) is 5.82 Å². The molecule has 1 aromatic rings. The number of aryl methyl sites for hydroxylation is 1. The van der Waals surface area contributed by atoms with Gasteiger partial charge in [-0.15, -0.1) is 0 Å². The molecule has 1 aromatic heterocycles. The Morgan fingerprint density at radius 3 is 2.85 bits per heavy atom. The molecule has 1 saturated carbocycles. The van der Waals surface area contributed by atoms with E-state index in [9.17, 15) is 9.90 Å². The lowest BCUT2D eigenvalue weighted by Crippen LogP contribution is -2.33. The fourth-order valence-electron chi connectivity index (χ4n) is 3.56. The molecular formula is C16H26N2O2. The first kappa shape index (κ1) is 15.1. The Labute approximate surface area is 121 Å². The molecule has 3 atom stereocenters. The van der Waals surface area contributed by atoms with Crippen molar-refractivity contribution in [3.8, 4) is 0 Å². The fraction of sp³-hybridized carbons (Fsp3) is 0.750. The number of hydrogen-bond acceptors (Lipinski definition) is 2. The molecule has 0 saturated heterocycles. The van der Waals surface area contributed by atoms with Crippen molar-refractivity contribution in [2.75, 3.05) is 0 Å². The largest absolute Gasteiger partial charge is 0.481 e. The van der Waals surface area contributed by atoms with Crippen molar-refractivity contribution in [3.05, 3.63) is 18.2 Å². The van der Waals surface area contributed by atoms with Crippen LogP contribution in [0.15, 0.2) is 12.4 Å². The monoisotopic (exact) mass is 278 g/mol. The molecule has 0 aromatic carbocycles. The molecule has 2 rings (SSSR count). The van der Waals surface area contributed by atoms with E-state index in [4.69, 9.17) is 0 Å². The average molecular weight is 278 g/mol. The molecular weight excluding hydrogens is 252 g/mol. The van der Waals surface area contributed by atoms with Crippen molar-refractivity contribution in [3.63, 3.8) is 0 Å². The summed E-state index contributed by atoms with van der Waals surface area (Å²) in [5.74, 6) is 0.799. The van der Waals surface area contributed by atoms with Gasteiger partial charge in [0.25, 0.3) is 0 Å². The van der Waals surface area contributed by atoms with E-state index in [1.54, 1.807) is 0 Å². The number of carboxylic acid groups (broad SMARTS) is 1. The summed E-state index contributed by atoms with van der Waals surface area (Å²) in [7, 11) is 0. The lowest BCUT2D eigenvalue weighted by atomic mass is 9.76. The van der Waals surface area contributed by atoms with E-state index in [1.807, 2.05) is 12.4 Å². The standard InChI is InChI=1S/C16H26N2O2/c1-3-5-12-7-8-13(16(19)20)14(11-12)18-10-9-17-15(18)6-4-2/h9-10,12-14H,3-8,11H2,1-2H3,(H,19,20). The number of aromatic nitrogens is 2. The van der Waals surface area contributed by atoms with Gasteiger partial charge in [-0.05, 0) is 31.6 Å². The maximum atomic E-state index is 11.6. The van der Waals surface area contributed by atoms with Gasteiger partial charge < -0.3 is 9.67 Å². The van der Waals surface area contributed by atoms with Crippen LogP contribution < -0.4 is 0 Å². The van der Waals surface area contributed by atoms with Gasteiger partial charge in [0.15, 0.2) is 0 Å². The molecule has 4 heteroatoms. The van der Waals surface area contributed by atoms with Crippen LogP contribution in [0.3, 0.4) is 0 Å². The third kappa shape index (κ3) is 3.22. The van der Waals surface area contributed by atoms with Crippen molar-refractivity contribution >= 4 is 5.97 Å². The Balaban J connectivity index is 2.22. The predicted octanol–water partition coefficient (Wildman–Crippen LogP) is 3.68. The maximum absolute atomic E-state index is 11.6. The molecule has 0 bridgehead atoms. The Kier molecular flexibility index (Phi) is 5.21. The summed E-state index contributed by atoms with van der Waals surface area (Å²) in [4.78, 5) is 16.0. The van der Waals surface area contributed by atoms with Gasteiger partial charge in [0.2, 0.25) is 0 Å². The van der Waals surface area contributed by atoms with Gasteiger partial charge in [0, 0.05) is 24.9 Å². The molecule has 1 N–H and O–H groups in total. The number of carbonyl (C=O) groups is 1. The first-order valence-electron chi connectivity index (χ1n) is 7.91. The van der Waals surface area contributed by atoms with Crippen molar-refractivity contribution in [1.29, 1.82) is 0 Å². The van der Waals surface area contributed by atoms with Crippen molar-refractivity contribution in [2.24, 2.45) is 11.8 Å². The minimum absolute atomic E-state index is 0.0850. The Bertz CT molecular complexity index is 441. The van der Waals surface area contributed by atoms with Crippen LogP contribution in [-0.4, -0.2) is 20.6 Å². The van der Waals surface area contributed by atoms with Crippen LogP contribution in [0.4, 0.5) is 0 Å². The summed E-state index contributed by atoms with van der Waals surface area (Å²) in [6.45, 7) is 4.34. The molecule has 1 fully saturated rings. The number of rotatable bonds is 6. The minimum atomic E-state index is -0.652. The topological polar surface area (TPSA) is 55.1 Å².